The van der Waals surface area contributed by atoms with E-state index in [1.165, 1.54) is 54.8 Å². The molecule has 0 N–H and O–H groups in total. The number of anilines is 3. The van der Waals surface area contributed by atoms with Gasteiger partial charge in [-0.3, -0.25) is 0 Å². The summed E-state index contributed by atoms with van der Waals surface area (Å²) < 4.78 is 2.38. The van der Waals surface area contributed by atoms with Gasteiger partial charge in [-0.2, -0.15) is 0 Å². The molecular weight excluding hydrogens is 581 g/mol. The molecule has 9 rings (SSSR count). The second kappa shape index (κ2) is 11.8. The van der Waals surface area contributed by atoms with Crippen LogP contribution in [0.2, 0.25) is 0 Å². The maximum Gasteiger partial charge on any atom is 0.0541 e. The van der Waals surface area contributed by atoms with Crippen molar-refractivity contribution in [3.63, 3.8) is 0 Å². The van der Waals surface area contributed by atoms with Crippen molar-refractivity contribution in [3.05, 3.63) is 194 Å². The van der Waals surface area contributed by atoms with Crippen LogP contribution >= 0.6 is 0 Å². The first-order valence-electron chi connectivity index (χ1n) is 16.4. The van der Waals surface area contributed by atoms with Gasteiger partial charge < -0.3 is 9.47 Å². The van der Waals surface area contributed by atoms with Crippen molar-refractivity contribution in [2.45, 2.75) is 0 Å². The van der Waals surface area contributed by atoms with Gasteiger partial charge in [-0.05, 0) is 82.1 Å². The van der Waals surface area contributed by atoms with Crippen LogP contribution in [-0.2, 0) is 0 Å². The van der Waals surface area contributed by atoms with Crippen LogP contribution in [0.4, 0.5) is 17.1 Å². The van der Waals surface area contributed by atoms with E-state index in [-0.39, 0.29) is 0 Å². The number of nitrogens with zero attached hydrogens (tertiary/aromatic N) is 2. The number of aromatic nitrogens is 1. The van der Waals surface area contributed by atoms with Gasteiger partial charge in [0.15, 0.2) is 0 Å². The molecule has 8 aromatic carbocycles. The summed E-state index contributed by atoms with van der Waals surface area (Å²) in [4.78, 5) is 2.38. The molecule has 0 aliphatic carbocycles. The third kappa shape index (κ3) is 4.83. The second-order valence-electron chi connectivity index (χ2n) is 12.2. The Kier molecular flexibility index (Phi) is 6.84. The van der Waals surface area contributed by atoms with Crippen molar-refractivity contribution in [2.24, 2.45) is 0 Å². The van der Waals surface area contributed by atoms with E-state index >= 15 is 0 Å². The van der Waals surface area contributed by atoms with Gasteiger partial charge in [0, 0.05) is 33.4 Å². The minimum absolute atomic E-state index is 1.11. The Morgan fingerprint density at radius 3 is 1.73 bits per heavy atom. The molecule has 0 atom stereocenters. The normalized spacial score (nSPS) is 11.3. The standard InChI is InChI=1S/C46H32N2/c1-2-14-35(15-3-1)41-19-6-9-22-44(41)47(40-30-27-33-13-4-5-16-36(33)32-40)38-28-25-34(26-29-38)37-17-12-18-39(31-37)48-45-23-10-7-20-42(45)43-21-8-11-24-46(43)48/h1-32H. The van der Waals surface area contributed by atoms with E-state index in [2.05, 4.69) is 204 Å². The summed E-state index contributed by atoms with van der Waals surface area (Å²) in [5.41, 5.74) is 11.7. The van der Waals surface area contributed by atoms with Crippen molar-refractivity contribution < 1.29 is 0 Å². The highest BCUT2D eigenvalue weighted by molar-refractivity contribution is 6.09. The number of hydrogen-bond donors (Lipinski definition) is 0. The molecule has 2 nitrogen and oxygen atoms in total. The Morgan fingerprint density at radius 1 is 0.354 bits per heavy atom. The van der Waals surface area contributed by atoms with Gasteiger partial charge in [-0.15, -0.1) is 0 Å². The van der Waals surface area contributed by atoms with Crippen LogP contribution in [0.1, 0.15) is 0 Å². The predicted molar refractivity (Wildman–Crippen MR) is 204 cm³/mol. The largest absolute Gasteiger partial charge is 0.310 e. The Balaban J connectivity index is 1.16. The van der Waals surface area contributed by atoms with Gasteiger partial charge in [0.1, 0.15) is 0 Å². The molecule has 48 heavy (non-hydrogen) atoms. The van der Waals surface area contributed by atoms with E-state index in [9.17, 15) is 0 Å². The zero-order valence-electron chi connectivity index (χ0n) is 26.4. The Bertz CT molecular complexity index is 2510. The van der Waals surface area contributed by atoms with E-state index in [1.54, 1.807) is 0 Å². The molecule has 0 unspecified atom stereocenters. The first kappa shape index (κ1) is 27.9. The fourth-order valence-electron chi connectivity index (χ4n) is 7.10. The predicted octanol–water partition coefficient (Wildman–Crippen LogP) is 12.7. The van der Waals surface area contributed by atoms with Gasteiger partial charge in [-0.1, -0.05) is 140 Å². The fourth-order valence-corrected chi connectivity index (χ4v) is 7.10. The Hall–Kier alpha value is -6.38. The molecule has 1 aromatic heterocycles. The van der Waals surface area contributed by atoms with Crippen LogP contribution in [-0.4, -0.2) is 4.57 Å². The average Bonchev–Trinajstić information content (AvgIpc) is 3.50. The molecular formula is C46H32N2. The summed E-state index contributed by atoms with van der Waals surface area (Å²) in [7, 11) is 0. The number of rotatable bonds is 6. The molecule has 2 heteroatoms. The minimum atomic E-state index is 1.11. The molecule has 0 fully saturated rings. The van der Waals surface area contributed by atoms with Crippen molar-refractivity contribution in [1.82, 2.24) is 4.57 Å². The topological polar surface area (TPSA) is 8.17 Å². The monoisotopic (exact) mass is 612 g/mol. The second-order valence-corrected chi connectivity index (χ2v) is 12.2. The average molecular weight is 613 g/mol. The number of para-hydroxylation sites is 3. The number of benzene rings is 8. The fraction of sp³-hybridized carbons (Fsp3) is 0. The van der Waals surface area contributed by atoms with E-state index in [1.807, 2.05) is 0 Å². The van der Waals surface area contributed by atoms with Gasteiger partial charge in [0.05, 0.1) is 16.7 Å². The van der Waals surface area contributed by atoms with E-state index in [0.29, 0.717) is 0 Å². The van der Waals surface area contributed by atoms with E-state index in [0.717, 1.165) is 22.7 Å². The van der Waals surface area contributed by atoms with Crippen molar-refractivity contribution in [3.8, 4) is 27.9 Å². The van der Waals surface area contributed by atoms with Crippen LogP contribution in [0.3, 0.4) is 0 Å². The van der Waals surface area contributed by atoms with Gasteiger partial charge in [-0.25, -0.2) is 0 Å². The Labute approximate surface area is 280 Å². The zero-order chi connectivity index (χ0) is 31.9. The summed E-state index contributed by atoms with van der Waals surface area (Å²) in [6, 6.07) is 69.9. The third-order valence-corrected chi connectivity index (χ3v) is 9.36. The molecule has 0 aliphatic rings. The minimum Gasteiger partial charge on any atom is -0.310 e. The van der Waals surface area contributed by atoms with Crippen LogP contribution in [0.15, 0.2) is 194 Å². The molecule has 0 saturated heterocycles. The molecule has 0 saturated carbocycles. The van der Waals surface area contributed by atoms with E-state index < -0.39 is 0 Å². The van der Waals surface area contributed by atoms with Crippen molar-refractivity contribution in [1.29, 1.82) is 0 Å². The molecule has 0 aliphatic heterocycles. The Morgan fingerprint density at radius 2 is 0.958 bits per heavy atom. The van der Waals surface area contributed by atoms with Crippen molar-refractivity contribution in [2.75, 3.05) is 4.90 Å². The summed E-state index contributed by atoms with van der Waals surface area (Å²) >= 11 is 0. The highest BCUT2D eigenvalue weighted by Gasteiger charge is 2.18. The molecule has 1 heterocycles. The summed E-state index contributed by atoms with van der Waals surface area (Å²) in [6.45, 7) is 0. The smallest absolute Gasteiger partial charge is 0.0541 e. The highest BCUT2D eigenvalue weighted by Crippen LogP contribution is 2.42. The summed E-state index contributed by atoms with van der Waals surface area (Å²) in [5, 5.41) is 4.99. The maximum absolute atomic E-state index is 2.38. The lowest BCUT2D eigenvalue weighted by Crippen LogP contribution is -2.11. The van der Waals surface area contributed by atoms with Crippen LogP contribution in [0, 0.1) is 0 Å². The first-order valence-corrected chi connectivity index (χ1v) is 16.4. The van der Waals surface area contributed by atoms with Gasteiger partial charge in [0.2, 0.25) is 0 Å². The lowest BCUT2D eigenvalue weighted by molar-refractivity contribution is 1.18. The third-order valence-electron chi connectivity index (χ3n) is 9.36. The summed E-state index contributed by atoms with van der Waals surface area (Å²) in [6.07, 6.45) is 0. The number of fused-ring (bicyclic) bond motifs is 4. The van der Waals surface area contributed by atoms with Gasteiger partial charge in [0.25, 0.3) is 0 Å². The molecule has 226 valence electrons. The zero-order valence-corrected chi connectivity index (χ0v) is 26.4. The van der Waals surface area contributed by atoms with Gasteiger partial charge >= 0.3 is 0 Å². The highest BCUT2D eigenvalue weighted by atomic mass is 15.1. The quantitative estimate of drug-likeness (QED) is 0.181. The molecule has 0 radical (unpaired) electrons. The maximum atomic E-state index is 2.38. The SMILES string of the molecule is c1ccc(-c2ccccc2N(c2ccc(-c3cccc(-n4c5ccccc5c5ccccc54)c3)cc2)c2ccc3ccccc3c2)cc1. The first-order chi connectivity index (χ1) is 23.8. The van der Waals surface area contributed by atoms with Crippen LogP contribution in [0.5, 0.6) is 0 Å². The van der Waals surface area contributed by atoms with Crippen LogP contribution in [0.25, 0.3) is 60.5 Å². The summed E-state index contributed by atoms with van der Waals surface area (Å²) in [5.74, 6) is 0. The molecule has 0 bridgehead atoms. The molecule has 0 amide bonds. The lowest BCUT2D eigenvalue weighted by atomic mass is 10.0. The number of hydrogen-bond acceptors (Lipinski definition) is 1. The lowest BCUT2D eigenvalue weighted by Gasteiger charge is -2.28. The van der Waals surface area contributed by atoms with Crippen molar-refractivity contribution >= 4 is 49.6 Å². The van der Waals surface area contributed by atoms with E-state index in [4.69, 9.17) is 0 Å². The van der Waals surface area contributed by atoms with Crippen LogP contribution < -0.4 is 4.90 Å². The molecule has 9 aromatic rings. The molecule has 0 spiro atoms.